The van der Waals surface area contributed by atoms with Crippen molar-refractivity contribution < 1.29 is 4.42 Å². The fourth-order valence-electron chi connectivity index (χ4n) is 2.19. The van der Waals surface area contributed by atoms with E-state index in [0.29, 0.717) is 5.92 Å². The van der Waals surface area contributed by atoms with Crippen LogP contribution >= 0.6 is 0 Å². The first-order valence-corrected chi connectivity index (χ1v) is 5.42. The van der Waals surface area contributed by atoms with E-state index in [1.165, 1.54) is 10.9 Å². The van der Waals surface area contributed by atoms with E-state index in [9.17, 15) is 0 Å². The van der Waals surface area contributed by atoms with Gasteiger partial charge in [-0.25, -0.2) is 0 Å². The summed E-state index contributed by atoms with van der Waals surface area (Å²) in [4.78, 5) is 0. The van der Waals surface area contributed by atoms with Crippen LogP contribution in [0.25, 0.3) is 11.0 Å². The van der Waals surface area contributed by atoms with Crippen LogP contribution in [0.5, 0.6) is 0 Å². The molecule has 2 nitrogen and oxygen atoms in total. The molecule has 0 saturated heterocycles. The fraction of sp³-hybridized carbons (Fsp3) is 0.385. The number of fused-ring (bicyclic) bond motifs is 1. The Kier molecular flexibility index (Phi) is 2.78. The Morgan fingerprint density at radius 2 is 2.07 bits per heavy atom. The number of furan rings is 1. The molecule has 80 valence electrons. The molecule has 2 N–H and O–H groups in total. The highest BCUT2D eigenvalue weighted by Gasteiger charge is 2.15. The smallest absolute Gasteiger partial charge is 0.134 e. The maximum Gasteiger partial charge on any atom is 0.134 e. The van der Waals surface area contributed by atoms with Gasteiger partial charge in [-0.3, -0.25) is 0 Å². The van der Waals surface area contributed by atoms with E-state index in [0.717, 1.165) is 24.3 Å². The van der Waals surface area contributed by atoms with E-state index in [4.69, 9.17) is 10.2 Å². The van der Waals surface area contributed by atoms with Gasteiger partial charge >= 0.3 is 0 Å². The SMILES string of the molecule is Cc1oc2ccccc2c1C(C)CCN. The zero-order valence-electron chi connectivity index (χ0n) is 9.29. The number of aryl methyl sites for hydroxylation is 1. The lowest BCUT2D eigenvalue weighted by Gasteiger charge is -2.09. The summed E-state index contributed by atoms with van der Waals surface area (Å²) in [5.41, 5.74) is 7.90. The molecule has 15 heavy (non-hydrogen) atoms. The van der Waals surface area contributed by atoms with Crippen LogP contribution in [0.3, 0.4) is 0 Å². The Bertz CT molecular complexity index is 459. The lowest BCUT2D eigenvalue weighted by atomic mass is 9.95. The molecule has 1 heterocycles. The van der Waals surface area contributed by atoms with Crippen LogP contribution in [0.1, 0.15) is 30.6 Å². The number of rotatable bonds is 3. The van der Waals surface area contributed by atoms with Gasteiger partial charge in [0.25, 0.3) is 0 Å². The summed E-state index contributed by atoms with van der Waals surface area (Å²) >= 11 is 0. The molecule has 1 aromatic carbocycles. The van der Waals surface area contributed by atoms with E-state index >= 15 is 0 Å². The molecular weight excluding hydrogens is 186 g/mol. The Labute approximate surface area is 90.1 Å². The topological polar surface area (TPSA) is 39.2 Å². The molecule has 0 aliphatic carbocycles. The fourth-order valence-corrected chi connectivity index (χ4v) is 2.19. The molecule has 0 spiro atoms. The van der Waals surface area contributed by atoms with Gasteiger partial charge in [-0.05, 0) is 31.9 Å². The molecule has 2 heteroatoms. The van der Waals surface area contributed by atoms with Gasteiger partial charge in [-0.1, -0.05) is 25.1 Å². The second-order valence-electron chi connectivity index (χ2n) is 4.05. The zero-order valence-corrected chi connectivity index (χ0v) is 9.29. The number of hydrogen-bond donors (Lipinski definition) is 1. The van der Waals surface area contributed by atoms with Crippen molar-refractivity contribution in [3.8, 4) is 0 Å². The lowest BCUT2D eigenvalue weighted by Crippen LogP contribution is -2.04. The van der Waals surface area contributed by atoms with Crippen molar-refractivity contribution in [2.45, 2.75) is 26.2 Å². The normalized spacial score (nSPS) is 13.3. The van der Waals surface area contributed by atoms with Crippen molar-refractivity contribution in [3.05, 3.63) is 35.6 Å². The average molecular weight is 203 g/mol. The van der Waals surface area contributed by atoms with Gasteiger partial charge in [0.1, 0.15) is 11.3 Å². The second-order valence-corrected chi connectivity index (χ2v) is 4.05. The summed E-state index contributed by atoms with van der Waals surface area (Å²) in [5, 5.41) is 1.23. The van der Waals surface area contributed by atoms with Crippen LogP contribution < -0.4 is 5.73 Å². The number of hydrogen-bond acceptors (Lipinski definition) is 2. The maximum atomic E-state index is 5.73. The lowest BCUT2D eigenvalue weighted by molar-refractivity contribution is 0.560. The van der Waals surface area contributed by atoms with Gasteiger partial charge in [-0.15, -0.1) is 0 Å². The van der Waals surface area contributed by atoms with Crippen LogP contribution in [0.4, 0.5) is 0 Å². The highest BCUT2D eigenvalue weighted by atomic mass is 16.3. The molecule has 0 bridgehead atoms. The third kappa shape index (κ3) is 1.77. The van der Waals surface area contributed by atoms with E-state index in [-0.39, 0.29) is 0 Å². The third-order valence-electron chi connectivity index (χ3n) is 2.91. The van der Waals surface area contributed by atoms with E-state index in [2.05, 4.69) is 19.1 Å². The van der Waals surface area contributed by atoms with Gasteiger partial charge in [0.2, 0.25) is 0 Å². The van der Waals surface area contributed by atoms with Crippen LogP contribution in [0.2, 0.25) is 0 Å². The first kappa shape index (κ1) is 10.2. The van der Waals surface area contributed by atoms with Gasteiger partial charge in [0, 0.05) is 10.9 Å². The Hall–Kier alpha value is -1.28. The molecule has 1 unspecified atom stereocenters. The molecule has 0 saturated carbocycles. The zero-order chi connectivity index (χ0) is 10.8. The minimum absolute atomic E-state index is 0.471. The summed E-state index contributed by atoms with van der Waals surface area (Å²) in [6.45, 7) is 4.96. The molecule has 0 fully saturated rings. The van der Waals surface area contributed by atoms with Gasteiger partial charge in [0.05, 0.1) is 0 Å². The van der Waals surface area contributed by atoms with Crippen molar-refractivity contribution in [2.75, 3.05) is 6.54 Å². The summed E-state index contributed by atoms with van der Waals surface area (Å²) in [7, 11) is 0. The predicted octanol–water partition coefficient (Wildman–Crippen LogP) is 3.19. The predicted molar refractivity (Wildman–Crippen MR) is 63.0 cm³/mol. The standard InChI is InChI=1S/C13H17NO/c1-9(7-8-14)13-10(2)15-12-6-4-3-5-11(12)13/h3-6,9H,7-8,14H2,1-2H3. The highest BCUT2D eigenvalue weighted by molar-refractivity contribution is 5.82. The van der Waals surface area contributed by atoms with Crippen LogP contribution in [0.15, 0.2) is 28.7 Å². The number of para-hydroxylation sites is 1. The van der Waals surface area contributed by atoms with E-state index < -0.39 is 0 Å². The van der Waals surface area contributed by atoms with Crippen molar-refractivity contribution in [1.29, 1.82) is 0 Å². The van der Waals surface area contributed by atoms with Crippen LogP contribution in [-0.2, 0) is 0 Å². The number of nitrogens with two attached hydrogens (primary N) is 1. The van der Waals surface area contributed by atoms with Crippen LogP contribution in [-0.4, -0.2) is 6.54 Å². The average Bonchev–Trinajstić information content (AvgIpc) is 2.54. The summed E-state index contributed by atoms with van der Waals surface area (Å²) in [6.07, 6.45) is 1.00. The van der Waals surface area contributed by atoms with Crippen molar-refractivity contribution in [3.63, 3.8) is 0 Å². The van der Waals surface area contributed by atoms with Crippen molar-refractivity contribution in [2.24, 2.45) is 5.73 Å². The number of benzene rings is 1. The first-order valence-electron chi connectivity index (χ1n) is 5.42. The third-order valence-corrected chi connectivity index (χ3v) is 2.91. The Morgan fingerprint density at radius 1 is 1.33 bits per heavy atom. The van der Waals surface area contributed by atoms with Crippen LogP contribution in [0, 0.1) is 6.92 Å². The Balaban J connectivity index is 2.53. The Morgan fingerprint density at radius 3 is 2.80 bits per heavy atom. The first-order chi connectivity index (χ1) is 7.24. The second kappa shape index (κ2) is 4.07. The molecular formula is C13H17NO. The summed E-state index contributed by atoms with van der Waals surface area (Å²) in [5.74, 6) is 1.50. The molecule has 1 atom stereocenters. The van der Waals surface area contributed by atoms with Gasteiger partial charge in [0.15, 0.2) is 0 Å². The van der Waals surface area contributed by atoms with Gasteiger partial charge in [-0.2, -0.15) is 0 Å². The maximum absolute atomic E-state index is 5.73. The molecule has 0 aliphatic rings. The van der Waals surface area contributed by atoms with Crippen molar-refractivity contribution >= 4 is 11.0 Å². The summed E-state index contributed by atoms with van der Waals surface area (Å²) < 4.78 is 5.73. The molecule has 2 aromatic rings. The molecule has 0 amide bonds. The van der Waals surface area contributed by atoms with E-state index in [1.54, 1.807) is 0 Å². The monoisotopic (exact) mass is 203 g/mol. The quantitative estimate of drug-likeness (QED) is 0.832. The molecule has 2 rings (SSSR count). The highest BCUT2D eigenvalue weighted by Crippen LogP contribution is 2.32. The molecule has 0 aliphatic heterocycles. The largest absolute Gasteiger partial charge is 0.461 e. The molecule has 0 radical (unpaired) electrons. The minimum atomic E-state index is 0.471. The minimum Gasteiger partial charge on any atom is -0.461 e. The van der Waals surface area contributed by atoms with Gasteiger partial charge < -0.3 is 10.2 Å². The summed E-state index contributed by atoms with van der Waals surface area (Å²) in [6, 6.07) is 8.19. The van der Waals surface area contributed by atoms with E-state index in [1.807, 2.05) is 19.1 Å². The van der Waals surface area contributed by atoms with Crippen molar-refractivity contribution in [1.82, 2.24) is 0 Å². The molecule has 1 aromatic heterocycles.